The molecule has 2 heterocycles. The van der Waals surface area contributed by atoms with Gasteiger partial charge < -0.3 is 15.8 Å². The molecule has 0 aliphatic heterocycles. The summed E-state index contributed by atoms with van der Waals surface area (Å²) >= 11 is 7.43. The number of aromatic nitrogens is 1. The number of hydrogen-bond acceptors (Lipinski definition) is 5. The molecule has 0 spiro atoms. The lowest BCUT2D eigenvalue weighted by Gasteiger charge is -2.07. The number of thiophene rings is 1. The fraction of sp³-hybridized carbons (Fsp3) is 0.222. The van der Waals surface area contributed by atoms with E-state index in [-0.39, 0.29) is 5.91 Å². The standard InChI is InChI=1S/C18H16ClN3O2S/c1-24-14-6-5-10(8-12(14)19)21-17(23)16-15(20)11-7-9-3-2-4-13(9)22-18(11)25-16/h5-8H,2-4,20H2,1H3,(H,21,23). The molecule has 3 N–H and O–H groups in total. The fourth-order valence-electron chi connectivity index (χ4n) is 3.10. The van der Waals surface area contributed by atoms with Crippen LogP contribution in [0.15, 0.2) is 24.3 Å². The van der Waals surface area contributed by atoms with E-state index in [0.717, 1.165) is 35.2 Å². The number of pyridine rings is 1. The molecule has 0 atom stereocenters. The van der Waals surface area contributed by atoms with E-state index < -0.39 is 0 Å². The maximum atomic E-state index is 12.6. The van der Waals surface area contributed by atoms with Crippen molar-refractivity contribution in [2.45, 2.75) is 19.3 Å². The molecule has 1 aliphatic rings. The van der Waals surface area contributed by atoms with Crippen molar-refractivity contribution in [3.63, 3.8) is 0 Å². The molecule has 7 heteroatoms. The number of fused-ring (bicyclic) bond motifs is 2. The minimum atomic E-state index is -0.262. The van der Waals surface area contributed by atoms with Gasteiger partial charge >= 0.3 is 0 Å². The SMILES string of the molecule is COc1ccc(NC(=O)c2sc3nc4c(cc3c2N)CCC4)cc1Cl. The van der Waals surface area contributed by atoms with Crippen LogP contribution in [0.5, 0.6) is 5.75 Å². The van der Waals surface area contributed by atoms with Crippen molar-refractivity contribution in [2.24, 2.45) is 0 Å². The Morgan fingerprint density at radius 2 is 2.20 bits per heavy atom. The van der Waals surface area contributed by atoms with E-state index >= 15 is 0 Å². The molecule has 0 saturated heterocycles. The van der Waals surface area contributed by atoms with Crippen molar-refractivity contribution in [3.8, 4) is 5.75 Å². The minimum Gasteiger partial charge on any atom is -0.495 e. The van der Waals surface area contributed by atoms with E-state index in [9.17, 15) is 4.79 Å². The van der Waals surface area contributed by atoms with Crippen LogP contribution in [0, 0.1) is 0 Å². The molecule has 2 aromatic heterocycles. The minimum absolute atomic E-state index is 0.262. The summed E-state index contributed by atoms with van der Waals surface area (Å²) in [7, 11) is 1.54. The number of anilines is 2. The zero-order valence-electron chi connectivity index (χ0n) is 13.6. The normalized spacial score (nSPS) is 13.0. The first-order valence-corrected chi connectivity index (χ1v) is 9.12. The van der Waals surface area contributed by atoms with Crippen LogP contribution in [-0.2, 0) is 12.8 Å². The van der Waals surface area contributed by atoms with Crippen molar-refractivity contribution in [2.75, 3.05) is 18.2 Å². The Morgan fingerprint density at radius 3 is 2.96 bits per heavy atom. The number of rotatable bonds is 3. The van der Waals surface area contributed by atoms with Gasteiger partial charge in [0.1, 0.15) is 15.5 Å². The largest absolute Gasteiger partial charge is 0.495 e. The molecule has 0 fully saturated rings. The van der Waals surface area contributed by atoms with Crippen molar-refractivity contribution < 1.29 is 9.53 Å². The van der Waals surface area contributed by atoms with Crippen molar-refractivity contribution in [1.82, 2.24) is 4.98 Å². The number of methoxy groups -OCH3 is 1. The number of ether oxygens (including phenoxy) is 1. The van der Waals surface area contributed by atoms with E-state index in [0.29, 0.717) is 27.0 Å². The number of amides is 1. The molecule has 3 aromatic rings. The number of nitrogens with two attached hydrogens (primary N) is 1. The fourth-order valence-corrected chi connectivity index (χ4v) is 4.35. The van der Waals surface area contributed by atoms with Crippen molar-refractivity contribution >= 4 is 50.4 Å². The average molecular weight is 374 g/mol. The third-order valence-corrected chi connectivity index (χ3v) is 5.77. The van der Waals surface area contributed by atoms with Crippen LogP contribution in [0.4, 0.5) is 11.4 Å². The van der Waals surface area contributed by atoms with Gasteiger partial charge in [0.2, 0.25) is 0 Å². The number of nitrogens with zero attached hydrogens (tertiary/aromatic N) is 1. The topological polar surface area (TPSA) is 77.2 Å². The van der Waals surface area contributed by atoms with Gasteiger partial charge in [-0.3, -0.25) is 4.79 Å². The summed E-state index contributed by atoms with van der Waals surface area (Å²) in [5, 5.41) is 4.13. The van der Waals surface area contributed by atoms with Crippen LogP contribution in [0.3, 0.4) is 0 Å². The Morgan fingerprint density at radius 1 is 1.36 bits per heavy atom. The molecular weight excluding hydrogens is 358 g/mol. The highest BCUT2D eigenvalue weighted by molar-refractivity contribution is 7.21. The number of nitrogens with one attached hydrogen (secondary N) is 1. The molecule has 0 unspecified atom stereocenters. The lowest BCUT2D eigenvalue weighted by Crippen LogP contribution is -2.11. The van der Waals surface area contributed by atoms with E-state index in [1.165, 1.54) is 16.9 Å². The Hall–Kier alpha value is -2.31. The molecular formula is C18H16ClN3O2S. The second kappa shape index (κ2) is 6.20. The highest BCUT2D eigenvalue weighted by Crippen LogP contribution is 2.36. The van der Waals surface area contributed by atoms with Crippen LogP contribution in [0.25, 0.3) is 10.2 Å². The lowest BCUT2D eigenvalue weighted by molar-refractivity contribution is 0.103. The zero-order chi connectivity index (χ0) is 17.6. The summed E-state index contributed by atoms with van der Waals surface area (Å²) in [6, 6.07) is 7.17. The predicted molar refractivity (Wildman–Crippen MR) is 102 cm³/mol. The number of nitrogen functional groups attached to an aromatic ring is 1. The van der Waals surface area contributed by atoms with Gasteiger partial charge in [-0.15, -0.1) is 11.3 Å². The first-order chi connectivity index (χ1) is 12.1. The molecule has 4 rings (SSSR count). The number of halogens is 1. The van der Waals surface area contributed by atoms with Gasteiger partial charge in [-0.05, 0) is 49.1 Å². The molecule has 5 nitrogen and oxygen atoms in total. The predicted octanol–water partition coefficient (Wildman–Crippen LogP) is 4.28. The number of benzene rings is 1. The summed E-state index contributed by atoms with van der Waals surface area (Å²) in [5.74, 6) is 0.293. The molecule has 0 radical (unpaired) electrons. The van der Waals surface area contributed by atoms with Crippen molar-refractivity contribution in [3.05, 3.63) is 45.4 Å². The van der Waals surface area contributed by atoms with Gasteiger partial charge in [-0.1, -0.05) is 11.6 Å². The summed E-state index contributed by atoms with van der Waals surface area (Å²) < 4.78 is 5.12. The molecule has 0 bridgehead atoms. The van der Waals surface area contributed by atoms with E-state index in [2.05, 4.69) is 16.4 Å². The maximum Gasteiger partial charge on any atom is 0.267 e. The third-order valence-electron chi connectivity index (χ3n) is 4.37. The Labute approximate surface area is 153 Å². The van der Waals surface area contributed by atoms with Crippen LogP contribution >= 0.6 is 22.9 Å². The van der Waals surface area contributed by atoms with E-state index in [1.807, 2.05) is 0 Å². The monoisotopic (exact) mass is 373 g/mol. The van der Waals surface area contributed by atoms with Gasteiger partial charge in [0.05, 0.1) is 17.8 Å². The first-order valence-electron chi connectivity index (χ1n) is 7.92. The molecule has 1 amide bonds. The van der Waals surface area contributed by atoms with Gasteiger partial charge in [-0.25, -0.2) is 4.98 Å². The van der Waals surface area contributed by atoms with Gasteiger partial charge in [-0.2, -0.15) is 0 Å². The Balaban J connectivity index is 1.66. The van der Waals surface area contributed by atoms with Crippen LogP contribution in [0.1, 0.15) is 27.3 Å². The lowest BCUT2D eigenvalue weighted by atomic mass is 10.1. The molecule has 25 heavy (non-hydrogen) atoms. The number of carbonyl (C=O) groups is 1. The summed E-state index contributed by atoms with van der Waals surface area (Å²) in [4.78, 5) is 18.6. The molecule has 1 aromatic carbocycles. The molecule has 128 valence electrons. The second-order valence-electron chi connectivity index (χ2n) is 5.95. The number of carbonyl (C=O) groups excluding carboxylic acids is 1. The van der Waals surface area contributed by atoms with Crippen molar-refractivity contribution in [1.29, 1.82) is 0 Å². The second-order valence-corrected chi connectivity index (χ2v) is 7.36. The smallest absolute Gasteiger partial charge is 0.267 e. The molecule has 1 aliphatic carbocycles. The quantitative estimate of drug-likeness (QED) is 0.718. The number of hydrogen-bond donors (Lipinski definition) is 2. The van der Waals surface area contributed by atoms with Gasteiger partial charge in [0.25, 0.3) is 5.91 Å². The van der Waals surface area contributed by atoms with Gasteiger partial charge in [0, 0.05) is 16.8 Å². The third kappa shape index (κ3) is 2.81. The first kappa shape index (κ1) is 16.2. The summed E-state index contributed by atoms with van der Waals surface area (Å²) in [6.07, 6.45) is 3.15. The van der Waals surface area contributed by atoms with E-state index in [1.54, 1.807) is 25.3 Å². The van der Waals surface area contributed by atoms with Crippen LogP contribution < -0.4 is 15.8 Å². The Bertz CT molecular complexity index is 1000. The highest BCUT2D eigenvalue weighted by Gasteiger charge is 2.21. The van der Waals surface area contributed by atoms with Crippen LogP contribution in [0.2, 0.25) is 5.02 Å². The van der Waals surface area contributed by atoms with Gasteiger partial charge in [0.15, 0.2) is 0 Å². The highest BCUT2D eigenvalue weighted by atomic mass is 35.5. The average Bonchev–Trinajstić information content (AvgIpc) is 3.17. The van der Waals surface area contributed by atoms with E-state index in [4.69, 9.17) is 22.1 Å². The van der Waals surface area contributed by atoms with Crippen LogP contribution in [-0.4, -0.2) is 18.0 Å². The summed E-state index contributed by atoms with van der Waals surface area (Å²) in [5.41, 5.74) is 9.67. The summed E-state index contributed by atoms with van der Waals surface area (Å²) in [6.45, 7) is 0. The molecule has 0 saturated carbocycles. The maximum absolute atomic E-state index is 12.6. The number of aryl methyl sites for hydroxylation is 2. The Kier molecular flexibility index (Phi) is 4.01. The zero-order valence-corrected chi connectivity index (χ0v) is 15.1.